The summed E-state index contributed by atoms with van der Waals surface area (Å²) in [7, 11) is 0. The van der Waals surface area contributed by atoms with Crippen LogP contribution in [0.5, 0.6) is 0 Å². The van der Waals surface area contributed by atoms with Crippen LogP contribution in [0.3, 0.4) is 0 Å². The first-order valence-corrected chi connectivity index (χ1v) is 5.50. The fourth-order valence-corrected chi connectivity index (χ4v) is 1.74. The minimum absolute atomic E-state index is 0. The van der Waals surface area contributed by atoms with Gasteiger partial charge in [0.1, 0.15) is 0 Å². The molecule has 0 saturated carbocycles. The maximum absolute atomic E-state index is 9.38. The zero-order valence-electron chi connectivity index (χ0n) is 7.05. The van der Waals surface area contributed by atoms with Gasteiger partial charge in [0.15, 0.2) is 0 Å². The Bertz CT molecular complexity index is 247. The Kier molecular flexibility index (Phi) is 32.8. The molecule has 0 aliphatic carbocycles. The Morgan fingerprint density at radius 3 is 0.923 bits per heavy atom. The van der Waals surface area contributed by atoms with Crippen LogP contribution in [-0.4, -0.2) is 0 Å². The molecule has 0 aliphatic rings. The molecule has 13 heavy (non-hydrogen) atoms. The molecular formula is ClCr2K3O7. The minimum atomic E-state index is -6.07. The van der Waals surface area contributed by atoms with Crippen LogP contribution in [-0.2, 0) is 45.3 Å². The van der Waals surface area contributed by atoms with Gasteiger partial charge in [0.2, 0.25) is 0 Å². The summed E-state index contributed by atoms with van der Waals surface area (Å²) in [5, 5.41) is 0. The van der Waals surface area contributed by atoms with Crippen LogP contribution in [0.15, 0.2) is 0 Å². The van der Waals surface area contributed by atoms with Crippen molar-refractivity contribution in [3.05, 3.63) is 0 Å². The first-order chi connectivity index (χ1) is 3.71. The van der Waals surface area contributed by atoms with Gasteiger partial charge in [-0.2, -0.15) is 0 Å². The van der Waals surface area contributed by atoms with Gasteiger partial charge in [-0.15, -0.1) is 0 Å². The second kappa shape index (κ2) is 13.8. The van der Waals surface area contributed by atoms with E-state index in [-0.39, 0.29) is 167 Å². The van der Waals surface area contributed by atoms with Gasteiger partial charge in [-0.05, 0) is 0 Å². The van der Waals surface area contributed by atoms with Gasteiger partial charge in [0.05, 0.1) is 0 Å². The van der Waals surface area contributed by atoms with Gasteiger partial charge >= 0.3 is 208 Å². The van der Waals surface area contributed by atoms with Crippen LogP contribution in [0.4, 0.5) is 0 Å². The Morgan fingerprint density at radius 2 is 0.923 bits per heavy atom. The molecule has 0 heterocycles. The van der Waals surface area contributed by atoms with Crippen molar-refractivity contribution < 1.29 is 220 Å². The molecule has 64 valence electrons. The Hall–Kier alpha value is 5.34. The standard InChI is InChI=1S/ClH.2Cr.3K.7O/h1H;;;;;;;;;;;;/q;;;3*+1;;;;;;2*-1/p-1. The summed E-state index contributed by atoms with van der Waals surface area (Å²) in [6.07, 6.45) is 0. The third kappa shape index (κ3) is 31.7. The molecule has 0 unspecified atom stereocenters. The second-order valence-corrected chi connectivity index (χ2v) is 4.52. The predicted molar refractivity (Wildman–Crippen MR) is 3.83 cm³/mol. The van der Waals surface area contributed by atoms with Crippen LogP contribution >= 0.6 is 0 Å². The van der Waals surface area contributed by atoms with Crippen LogP contribution in [0.2, 0.25) is 0 Å². The molecule has 0 amide bonds. The van der Waals surface area contributed by atoms with E-state index in [2.05, 4.69) is 2.84 Å². The number of hydrogen-bond acceptors (Lipinski definition) is 7. The van der Waals surface area contributed by atoms with Crippen molar-refractivity contribution in [1.29, 1.82) is 0 Å². The molecule has 13 heteroatoms. The third-order valence-electron chi connectivity index (χ3n) is 0.167. The fraction of sp³-hybridized carbons (Fsp3) is 0. The summed E-state index contributed by atoms with van der Waals surface area (Å²) in [6, 6.07) is 0. The van der Waals surface area contributed by atoms with Crippen molar-refractivity contribution in [3.8, 4) is 0 Å². The molecule has 0 saturated heterocycles. The molecule has 0 N–H and O–H groups in total. The molecule has 0 atom stereocenters. The molecule has 0 aromatic heterocycles. The zero-order chi connectivity index (χ0) is 7.71. The normalized spacial score (nSPS) is 9.38. The van der Waals surface area contributed by atoms with Crippen molar-refractivity contribution in [1.82, 2.24) is 0 Å². The van der Waals surface area contributed by atoms with Crippen molar-refractivity contribution in [2.45, 2.75) is 0 Å². The van der Waals surface area contributed by atoms with Gasteiger partial charge in [-0.25, -0.2) is 0 Å². The Labute approximate surface area is 213 Å². The average Bonchev–Trinajstić information content (AvgIpc) is 1.14. The number of hydrogen-bond donors (Lipinski definition) is 0. The fourth-order valence-electron chi connectivity index (χ4n) is 0.102. The third-order valence-corrected chi connectivity index (χ3v) is 2.83. The van der Waals surface area contributed by atoms with Gasteiger partial charge in [-0.1, -0.05) is 0 Å². The van der Waals surface area contributed by atoms with E-state index in [1.807, 2.05) is 0 Å². The first kappa shape index (κ1) is 31.0. The quantitative estimate of drug-likeness (QED) is 0.443. The molecule has 0 fully saturated rings. The van der Waals surface area contributed by atoms with Crippen LogP contribution in [0.25, 0.3) is 0 Å². The molecular weight excluding hydrogens is 369 g/mol. The van der Waals surface area contributed by atoms with Crippen molar-refractivity contribution in [2.75, 3.05) is 0 Å². The predicted octanol–water partition coefficient (Wildman–Crippen LogP) is -14.9. The van der Waals surface area contributed by atoms with E-state index in [9.17, 15) is 23.5 Å². The van der Waals surface area contributed by atoms with Crippen molar-refractivity contribution >= 4 is 0 Å². The number of halogens is 1. The van der Waals surface area contributed by atoms with Gasteiger partial charge in [0, 0.05) is 0 Å². The summed E-state index contributed by atoms with van der Waals surface area (Å²) in [5.41, 5.74) is 0. The van der Waals surface area contributed by atoms with E-state index in [4.69, 9.17) is 0 Å². The average molecular weight is 369 g/mol. The Morgan fingerprint density at radius 1 is 0.769 bits per heavy atom. The van der Waals surface area contributed by atoms with Crippen molar-refractivity contribution in [3.63, 3.8) is 0 Å². The molecule has 7 nitrogen and oxygen atoms in total. The maximum atomic E-state index is 9.38. The van der Waals surface area contributed by atoms with E-state index in [0.29, 0.717) is 0 Å². The molecule has 0 aliphatic heterocycles. The summed E-state index contributed by atoms with van der Waals surface area (Å²) < 4.78 is 58.9. The van der Waals surface area contributed by atoms with E-state index in [1.54, 1.807) is 0 Å². The summed E-state index contributed by atoms with van der Waals surface area (Å²) >= 11 is -12.1. The van der Waals surface area contributed by atoms with Gasteiger partial charge in [-0.3, -0.25) is 0 Å². The summed E-state index contributed by atoms with van der Waals surface area (Å²) in [4.78, 5) is 0. The Balaban J connectivity index is -0.0000000533. The zero-order valence-corrected chi connectivity index (χ0v) is 19.7. The molecule has 0 radical (unpaired) electrons. The van der Waals surface area contributed by atoms with Gasteiger partial charge in [0.25, 0.3) is 0 Å². The topological polar surface area (TPSA) is 124 Å². The van der Waals surface area contributed by atoms with Crippen LogP contribution in [0.1, 0.15) is 0 Å². The van der Waals surface area contributed by atoms with E-state index >= 15 is 0 Å². The van der Waals surface area contributed by atoms with Crippen molar-refractivity contribution in [2.24, 2.45) is 0 Å². The van der Waals surface area contributed by atoms with Gasteiger partial charge < -0.3 is 12.4 Å². The van der Waals surface area contributed by atoms with E-state index in [1.165, 1.54) is 0 Å². The second-order valence-electron chi connectivity index (χ2n) is 0.885. The molecule has 0 bridgehead atoms. The molecule has 0 aromatic carbocycles. The SMILES string of the molecule is [Cl-].[K+].[K+].[K+].[O]=[Cr](=[O])([O-])[O][Cr](=[O])(=[O])[O-]. The molecule has 0 aromatic rings. The van der Waals surface area contributed by atoms with E-state index < -0.39 is 27.2 Å². The molecule has 0 rings (SSSR count). The van der Waals surface area contributed by atoms with Crippen LogP contribution in [0, 0.1) is 0 Å². The summed E-state index contributed by atoms with van der Waals surface area (Å²) in [6.45, 7) is 0. The summed E-state index contributed by atoms with van der Waals surface area (Å²) in [5.74, 6) is 0. The van der Waals surface area contributed by atoms with E-state index in [0.717, 1.165) is 0 Å². The monoisotopic (exact) mass is 368 g/mol. The first-order valence-electron chi connectivity index (χ1n) is 1.33. The number of rotatable bonds is 2. The molecule has 0 spiro atoms. The van der Waals surface area contributed by atoms with Crippen LogP contribution < -0.4 is 175 Å².